The van der Waals surface area contributed by atoms with Gasteiger partial charge in [-0.3, -0.25) is 0 Å². The minimum absolute atomic E-state index is 0.705. The molecule has 9 aromatic carbocycles. The standard InChI is InChI=1S/C63H52N2/c1-41-35-51-38-52-40-59(60(36-41)63(51)52)47-27-33-55(34-28-47)64(54-31-25-46(26-32-54)50-22-21-42-9-2-3-10-48(42)37-50)53-29-23-44(24-30-53)43-17-19-45(20-18-43)49-11-8-12-56(39-49)65-61-15-6-4-13-57(61)58-14-5-7-16-62(58)65/h2-34,37,39,41,51-52,59-60,63H,35-36,38,40H2,1H3/t41-,51?,52?,59?,60-,63+/m0/s1. The van der Waals surface area contributed by atoms with Gasteiger partial charge in [-0.25, -0.2) is 0 Å². The summed E-state index contributed by atoms with van der Waals surface area (Å²) < 4.78 is 2.39. The van der Waals surface area contributed by atoms with Crippen molar-refractivity contribution in [2.45, 2.75) is 38.5 Å². The van der Waals surface area contributed by atoms with Gasteiger partial charge in [0.15, 0.2) is 0 Å². The Bertz CT molecular complexity index is 3300. The first-order chi connectivity index (χ1) is 32.1. The monoisotopic (exact) mass is 836 g/mol. The number of aromatic nitrogens is 1. The number of nitrogens with zero attached hydrogens (tertiary/aromatic N) is 2. The summed E-state index contributed by atoms with van der Waals surface area (Å²) in [6, 6.07) is 78.9. The molecule has 10 aromatic rings. The number of anilines is 3. The van der Waals surface area contributed by atoms with E-state index >= 15 is 0 Å². The number of rotatable bonds is 8. The van der Waals surface area contributed by atoms with Gasteiger partial charge >= 0.3 is 0 Å². The summed E-state index contributed by atoms with van der Waals surface area (Å²) in [4.78, 5) is 2.43. The van der Waals surface area contributed by atoms with Crippen molar-refractivity contribution in [1.29, 1.82) is 0 Å². The Morgan fingerprint density at radius 1 is 0.400 bits per heavy atom. The molecule has 6 atom stereocenters. The quantitative estimate of drug-likeness (QED) is 0.148. The van der Waals surface area contributed by atoms with Crippen LogP contribution < -0.4 is 4.90 Å². The Balaban J connectivity index is 0.804. The van der Waals surface area contributed by atoms with Gasteiger partial charge in [0.25, 0.3) is 0 Å². The van der Waals surface area contributed by atoms with Crippen LogP contribution in [0.2, 0.25) is 0 Å². The molecule has 0 spiro atoms. The molecule has 3 fully saturated rings. The molecule has 0 radical (unpaired) electrons. The third-order valence-electron chi connectivity index (χ3n) is 15.8. The van der Waals surface area contributed by atoms with Crippen molar-refractivity contribution in [3.8, 4) is 39.1 Å². The lowest BCUT2D eigenvalue weighted by Gasteiger charge is -2.49. The van der Waals surface area contributed by atoms with Crippen LogP contribution in [0, 0.1) is 29.6 Å². The van der Waals surface area contributed by atoms with Crippen molar-refractivity contribution in [3.05, 3.63) is 218 Å². The van der Waals surface area contributed by atoms with Crippen molar-refractivity contribution in [1.82, 2.24) is 4.57 Å². The van der Waals surface area contributed by atoms with Gasteiger partial charge in [-0.15, -0.1) is 0 Å². The number of fused-ring (bicyclic) bond motifs is 4. The van der Waals surface area contributed by atoms with Crippen LogP contribution in [-0.2, 0) is 0 Å². The zero-order valence-corrected chi connectivity index (χ0v) is 36.9. The zero-order valence-electron chi connectivity index (χ0n) is 36.9. The van der Waals surface area contributed by atoms with Crippen molar-refractivity contribution in [3.63, 3.8) is 0 Å². The SMILES string of the molecule is C[C@H]1CC2CC3CC(c4ccc(N(c5ccc(-c6ccc(-c7cccc(-n8c9ccccc9c9ccccc98)c7)cc6)cc5)c5ccc(-c6ccc7ccccc7c6)cc5)cc4)[C@H](C1)[C@@H]32. The molecule has 2 nitrogen and oxygen atoms in total. The number of hydrogen-bond acceptors (Lipinski definition) is 1. The van der Waals surface area contributed by atoms with E-state index in [1.807, 2.05) is 0 Å². The van der Waals surface area contributed by atoms with Crippen LogP contribution >= 0.6 is 0 Å². The fourth-order valence-corrected chi connectivity index (χ4v) is 12.8. The molecule has 2 heteroatoms. The molecule has 3 saturated carbocycles. The van der Waals surface area contributed by atoms with E-state index < -0.39 is 0 Å². The van der Waals surface area contributed by atoms with Gasteiger partial charge < -0.3 is 9.47 Å². The summed E-state index contributed by atoms with van der Waals surface area (Å²) in [6.45, 7) is 2.50. The van der Waals surface area contributed by atoms with Crippen molar-refractivity contribution in [2.75, 3.05) is 4.90 Å². The largest absolute Gasteiger partial charge is 0.311 e. The molecule has 0 saturated heterocycles. The summed E-state index contributed by atoms with van der Waals surface area (Å²) in [5, 5.41) is 5.10. The van der Waals surface area contributed by atoms with Crippen LogP contribution in [0.4, 0.5) is 17.1 Å². The first kappa shape index (κ1) is 38.3. The second-order valence-corrected chi connectivity index (χ2v) is 19.5. The predicted molar refractivity (Wildman–Crippen MR) is 274 cm³/mol. The maximum Gasteiger partial charge on any atom is 0.0541 e. The van der Waals surface area contributed by atoms with E-state index in [9.17, 15) is 0 Å². The summed E-state index contributed by atoms with van der Waals surface area (Å²) >= 11 is 0. The zero-order chi connectivity index (χ0) is 43.0. The second-order valence-electron chi connectivity index (χ2n) is 19.5. The number of para-hydroxylation sites is 2. The summed E-state index contributed by atoms with van der Waals surface area (Å²) in [6.07, 6.45) is 5.73. The topological polar surface area (TPSA) is 8.17 Å². The lowest BCUT2D eigenvalue weighted by molar-refractivity contribution is 0.00421. The van der Waals surface area contributed by atoms with Crippen molar-refractivity contribution in [2.24, 2.45) is 29.6 Å². The van der Waals surface area contributed by atoms with Gasteiger partial charge in [0.05, 0.1) is 11.0 Å². The summed E-state index contributed by atoms with van der Waals surface area (Å²) in [7, 11) is 0. The molecular formula is C63H52N2. The van der Waals surface area contributed by atoms with E-state index in [-0.39, 0.29) is 0 Å². The average Bonchev–Trinajstić information content (AvgIpc) is 3.87. The molecule has 3 aliphatic rings. The molecule has 65 heavy (non-hydrogen) atoms. The van der Waals surface area contributed by atoms with E-state index in [1.165, 1.54) is 103 Å². The first-order valence-corrected chi connectivity index (χ1v) is 23.9. The van der Waals surface area contributed by atoms with Gasteiger partial charge in [-0.05, 0) is 178 Å². The fourth-order valence-electron chi connectivity index (χ4n) is 12.8. The minimum atomic E-state index is 0.705. The van der Waals surface area contributed by atoms with Crippen molar-refractivity contribution >= 4 is 49.6 Å². The number of benzene rings is 9. The molecule has 3 aliphatic carbocycles. The minimum Gasteiger partial charge on any atom is -0.311 e. The van der Waals surface area contributed by atoms with E-state index in [2.05, 4.69) is 229 Å². The Kier molecular flexibility index (Phi) is 9.15. The lowest BCUT2D eigenvalue weighted by Crippen LogP contribution is -2.41. The van der Waals surface area contributed by atoms with Crippen molar-refractivity contribution < 1.29 is 0 Å². The molecule has 0 aliphatic heterocycles. The normalized spacial score (nSPS) is 21.1. The number of hydrogen-bond donors (Lipinski definition) is 0. The highest BCUT2D eigenvalue weighted by atomic mass is 15.1. The summed E-state index contributed by atoms with van der Waals surface area (Å²) in [5.74, 6) is 5.36. The molecular weight excluding hydrogens is 785 g/mol. The highest BCUT2D eigenvalue weighted by Gasteiger charge is 2.56. The van der Waals surface area contributed by atoms with Crippen LogP contribution in [-0.4, -0.2) is 4.57 Å². The predicted octanol–water partition coefficient (Wildman–Crippen LogP) is 17.2. The first-order valence-electron chi connectivity index (χ1n) is 23.9. The molecule has 0 N–H and O–H groups in total. The average molecular weight is 837 g/mol. The maximum absolute atomic E-state index is 2.50. The second kappa shape index (κ2) is 15.5. The Morgan fingerprint density at radius 3 is 1.55 bits per heavy atom. The van der Waals surface area contributed by atoms with Crippen LogP contribution in [0.5, 0.6) is 0 Å². The van der Waals surface area contributed by atoms with Crippen LogP contribution in [0.25, 0.3) is 71.6 Å². The third-order valence-corrected chi connectivity index (χ3v) is 15.8. The van der Waals surface area contributed by atoms with E-state index in [1.54, 1.807) is 5.56 Å². The molecule has 0 bridgehead atoms. The van der Waals surface area contributed by atoms with Crippen LogP contribution in [0.15, 0.2) is 212 Å². The molecule has 314 valence electrons. The molecule has 0 amide bonds. The molecule has 3 unspecified atom stereocenters. The van der Waals surface area contributed by atoms with E-state index in [0.29, 0.717) is 5.92 Å². The third kappa shape index (κ3) is 6.61. The Hall–Kier alpha value is -7.16. The maximum atomic E-state index is 2.50. The smallest absolute Gasteiger partial charge is 0.0541 e. The van der Waals surface area contributed by atoms with Crippen LogP contribution in [0.3, 0.4) is 0 Å². The van der Waals surface area contributed by atoms with E-state index in [4.69, 9.17) is 0 Å². The Morgan fingerprint density at radius 2 is 0.908 bits per heavy atom. The molecule has 1 heterocycles. The lowest BCUT2D eigenvalue weighted by atomic mass is 9.56. The summed E-state index contributed by atoms with van der Waals surface area (Å²) in [5.41, 5.74) is 16.0. The molecule has 13 rings (SSSR count). The van der Waals surface area contributed by atoms with E-state index in [0.717, 1.165) is 41.0 Å². The van der Waals surface area contributed by atoms with Gasteiger partial charge in [-0.1, -0.05) is 153 Å². The Labute approximate surface area is 382 Å². The van der Waals surface area contributed by atoms with Gasteiger partial charge in [0.1, 0.15) is 0 Å². The van der Waals surface area contributed by atoms with Gasteiger partial charge in [0, 0.05) is 33.5 Å². The van der Waals surface area contributed by atoms with Crippen LogP contribution in [0.1, 0.15) is 44.1 Å². The fraction of sp³-hybridized carbons (Fsp3) is 0.175. The van der Waals surface area contributed by atoms with Gasteiger partial charge in [-0.2, -0.15) is 0 Å². The highest BCUT2D eigenvalue weighted by molar-refractivity contribution is 6.09. The van der Waals surface area contributed by atoms with Gasteiger partial charge in [0.2, 0.25) is 0 Å². The highest BCUT2D eigenvalue weighted by Crippen LogP contribution is 2.65. The molecule has 1 aromatic heterocycles.